The van der Waals surface area contributed by atoms with Crippen LogP contribution in [0.5, 0.6) is 0 Å². The van der Waals surface area contributed by atoms with Gasteiger partial charge in [0, 0.05) is 9.75 Å². The van der Waals surface area contributed by atoms with Gasteiger partial charge in [0.1, 0.15) is 0 Å². The van der Waals surface area contributed by atoms with Crippen LogP contribution < -0.4 is 0 Å². The van der Waals surface area contributed by atoms with E-state index in [1.54, 1.807) is 11.3 Å². The number of hydrogen-bond donors (Lipinski definition) is 1. The van der Waals surface area contributed by atoms with E-state index < -0.39 is 0 Å². The van der Waals surface area contributed by atoms with Crippen molar-refractivity contribution in [1.82, 2.24) is 0 Å². The van der Waals surface area contributed by atoms with Crippen molar-refractivity contribution in [2.75, 3.05) is 0 Å². The van der Waals surface area contributed by atoms with Crippen LogP contribution in [0.15, 0.2) is 42.5 Å². The molecule has 0 aliphatic carbocycles. The maximum atomic E-state index is 10.2. The molecule has 0 amide bonds. The van der Waals surface area contributed by atoms with Crippen LogP contribution in [0, 0.1) is 6.92 Å². The van der Waals surface area contributed by atoms with Crippen molar-refractivity contribution < 1.29 is 5.11 Å². The molecule has 1 heterocycles. The monoisotopic (exact) mass is 246 g/mol. The van der Waals surface area contributed by atoms with Crippen molar-refractivity contribution in [3.63, 3.8) is 0 Å². The summed E-state index contributed by atoms with van der Waals surface area (Å²) in [5.74, 6) is 0.383. The van der Waals surface area contributed by atoms with Crippen molar-refractivity contribution in [3.8, 4) is 0 Å². The van der Waals surface area contributed by atoms with Crippen molar-refractivity contribution >= 4 is 11.3 Å². The SMILES string of the molecule is Cc1ccc(C(O)CC(C)c2ccccc2)s1. The molecule has 0 saturated carbocycles. The number of aliphatic hydroxyl groups is 1. The molecule has 0 fully saturated rings. The molecule has 2 aromatic rings. The fourth-order valence-electron chi connectivity index (χ4n) is 2.00. The van der Waals surface area contributed by atoms with E-state index in [1.165, 1.54) is 10.4 Å². The second-order valence-corrected chi connectivity index (χ2v) is 5.83. The van der Waals surface area contributed by atoms with Crippen molar-refractivity contribution in [1.29, 1.82) is 0 Å². The van der Waals surface area contributed by atoms with E-state index in [2.05, 4.69) is 32.0 Å². The van der Waals surface area contributed by atoms with Crippen LogP contribution in [0.1, 0.15) is 40.7 Å². The molecule has 1 nitrogen and oxygen atoms in total. The molecule has 0 spiro atoms. The average Bonchev–Trinajstić information content (AvgIpc) is 2.77. The zero-order chi connectivity index (χ0) is 12.3. The molecule has 2 atom stereocenters. The van der Waals surface area contributed by atoms with Gasteiger partial charge in [-0.1, -0.05) is 37.3 Å². The zero-order valence-electron chi connectivity index (χ0n) is 10.3. The fraction of sp³-hybridized carbons (Fsp3) is 0.333. The highest BCUT2D eigenvalue weighted by Crippen LogP contribution is 2.31. The Morgan fingerprint density at radius 3 is 2.41 bits per heavy atom. The number of rotatable bonds is 4. The maximum Gasteiger partial charge on any atom is 0.0887 e. The lowest BCUT2D eigenvalue weighted by Crippen LogP contribution is -2.01. The van der Waals surface area contributed by atoms with Crippen LogP contribution in [0.2, 0.25) is 0 Å². The molecule has 2 unspecified atom stereocenters. The Morgan fingerprint density at radius 2 is 1.82 bits per heavy atom. The number of aryl methyl sites for hydroxylation is 1. The third kappa shape index (κ3) is 3.18. The summed E-state index contributed by atoms with van der Waals surface area (Å²) >= 11 is 1.68. The Hall–Kier alpha value is -1.12. The molecule has 90 valence electrons. The second kappa shape index (κ2) is 5.48. The first-order chi connectivity index (χ1) is 8.16. The summed E-state index contributed by atoms with van der Waals surface area (Å²) in [6, 6.07) is 14.5. The Balaban J connectivity index is 2.02. The van der Waals surface area contributed by atoms with Gasteiger partial charge in [-0.3, -0.25) is 0 Å². The summed E-state index contributed by atoms with van der Waals surface area (Å²) in [4.78, 5) is 2.33. The quantitative estimate of drug-likeness (QED) is 0.853. The molecule has 2 heteroatoms. The van der Waals surface area contributed by atoms with Gasteiger partial charge in [-0.05, 0) is 37.0 Å². The standard InChI is InChI=1S/C15H18OS/c1-11(13-6-4-3-5-7-13)10-14(16)15-9-8-12(2)17-15/h3-9,11,14,16H,10H2,1-2H3. The summed E-state index contributed by atoms with van der Waals surface area (Å²) in [5.41, 5.74) is 1.29. The van der Waals surface area contributed by atoms with E-state index in [4.69, 9.17) is 0 Å². The third-order valence-electron chi connectivity index (χ3n) is 3.03. The van der Waals surface area contributed by atoms with E-state index >= 15 is 0 Å². The summed E-state index contributed by atoms with van der Waals surface area (Å²) < 4.78 is 0. The van der Waals surface area contributed by atoms with Gasteiger partial charge in [-0.25, -0.2) is 0 Å². The predicted molar refractivity (Wildman–Crippen MR) is 73.5 cm³/mol. The van der Waals surface area contributed by atoms with Gasteiger partial charge >= 0.3 is 0 Å². The molecule has 1 aromatic carbocycles. The lowest BCUT2D eigenvalue weighted by Gasteiger charge is -2.15. The minimum Gasteiger partial charge on any atom is -0.388 e. The van der Waals surface area contributed by atoms with E-state index in [-0.39, 0.29) is 6.10 Å². The Morgan fingerprint density at radius 1 is 1.12 bits per heavy atom. The summed E-state index contributed by atoms with van der Waals surface area (Å²) in [5, 5.41) is 10.2. The van der Waals surface area contributed by atoms with Crippen molar-refractivity contribution in [2.45, 2.75) is 32.3 Å². The Labute approximate surface area is 107 Å². The third-order valence-corrected chi connectivity index (χ3v) is 4.14. The smallest absolute Gasteiger partial charge is 0.0887 e. The van der Waals surface area contributed by atoms with Crippen LogP contribution in [-0.4, -0.2) is 5.11 Å². The largest absolute Gasteiger partial charge is 0.388 e. The van der Waals surface area contributed by atoms with E-state index in [1.807, 2.05) is 24.3 Å². The first-order valence-electron chi connectivity index (χ1n) is 5.96. The van der Waals surface area contributed by atoms with Gasteiger partial charge in [-0.2, -0.15) is 0 Å². The minimum absolute atomic E-state index is 0.344. The van der Waals surface area contributed by atoms with Gasteiger partial charge in [0.2, 0.25) is 0 Å². The number of thiophene rings is 1. The van der Waals surface area contributed by atoms with Gasteiger partial charge in [-0.15, -0.1) is 11.3 Å². The zero-order valence-corrected chi connectivity index (χ0v) is 11.1. The van der Waals surface area contributed by atoms with E-state index in [9.17, 15) is 5.11 Å². The Kier molecular flexibility index (Phi) is 3.97. The normalized spacial score (nSPS) is 14.5. The molecule has 1 aromatic heterocycles. The predicted octanol–water partition coefficient (Wildman–Crippen LogP) is 4.28. The first kappa shape index (κ1) is 12.3. The van der Waals surface area contributed by atoms with Crippen LogP contribution >= 0.6 is 11.3 Å². The summed E-state index contributed by atoms with van der Waals surface area (Å²) in [6.45, 7) is 4.24. The number of aliphatic hydroxyl groups excluding tert-OH is 1. The van der Waals surface area contributed by atoms with Gasteiger partial charge < -0.3 is 5.11 Å². The van der Waals surface area contributed by atoms with Crippen molar-refractivity contribution in [2.24, 2.45) is 0 Å². The average molecular weight is 246 g/mol. The fourth-order valence-corrected chi connectivity index (χ4v) is 2.88. The van der Waals surface area contributed by atoms with Crippen LogP contribution in [0.25, 0.3) is 0 Å². The molecule has 0 aliphatic heterocycles. The Bertz CT molecular complexity index is 461. The molecule has 0 radical (unpaired) electrons. The highest BCUT2D eigenvalue weighted by atomic mass is 32.1. The van der Waals surface area contributed by atoms with E-state index in [0.717, 1.165) is 11.3 Å². The molecule has 2 rings (SSSR count). The highest BCUT2D eigenvalue weighted by molar-refractivity contribution is 7.12. The molecule has 0 aliphatic rings. The molecular formula is C15H18OS. The molecular weight excluding hydrogens is 228 g/mol. The molecule has 0 saturated heterocycles. The van der Waals surface area contributed by atoms with Gasteiger partial charge in [0.25, 0.3) is 0 Å². The topological polar surface area (TPSA) is 20.2 Å². The second-order valence-electron chi connectivity index (χ2n) is 4.51. The molecule has 0 bridgehead atoms. The number of hydrogen-bond acceptors (Lipinski definition) is 2. The summed E-state index contributed by atoms with van der Waals surface area (Å²) in [6.07, 6.45) is 0.438. The first-order valence-corrected chi connectivity index (χ1v) is 6.78. The molecule has 1 N–H and O–H groups in total. The maximum absolute atomic E-state index is 10.2. The molecule has 17 heavy (non-hydrogen) atoms. The lowest BCUT2D eigenvalue weighted by atomic mass is 9.94. The minimum atomic E-state index is -0.344. The van der Waals surface area contributed by atoms with Crippen molar-refractivity contribution in [3.05, 3.63) is 57.8 Å². The summed E-state index contributed by atoms with van der Waals surface area (Å²) in [7, 11) is 0. The van der Waals surface area contributed by atoms with Crippen LogP contribution in [0.4, 0.5) is 0 Å². The van der Waals surface area contributed by atoms with E-state index in [0.29, 0.717) is 5.92 Å². The van der Waals surface area contributed by atoms with Crippen LogP contribution in [-0.2, 0) is 0 Å². The highest BCUT2D eigenvalue weighted by Gasteiger charge is 2.15. The van der Waals surface area contributed by atoms with Gasteiger partial charge in [0.05, 0.1) is 6.10 Å². The van der Waals surface area contributed by atoms with Gasteiger partial charge in [0.15, 0.2) is 0 Å². The lowest BCUT2D eigenvalue weighted by molar-refractivity contribution is 0.163. The number of benzene rings is 1. The van der Waals surface area contributed by atoms with Crippen LogP contribution in [0.3, 0.4) is 0 Å².